The molecular formula is C5H12BrZn-. The zero-order valence-corrected chi connectivity index (χ0v) is 9.79. The van der Waals surface area contributed by atoms with Gasteiger partial charge in [0.05, 0.1) is 0 Å². The third kappa shape index (κ3) is 19.2. The van der Waals surface area contributed by atoms with Gasteiger partial charge in [0.1, 0.15) is 0 Å². The average molecular weight is 217 g/mol. The monoisotopic (exact) mass is 215 g/mol. The summed E-state index contributed by atoms with van der Waals surface area (Å²) in [6.45, 7) is 8.00. The number of rotatable bonds is 1. The molecule has 42 valence electrons. The van der Waals surface area contributed by atoms with Gasteiger partial charge in [-0.3, -0.25) is 0 Å². The van der Waals surface area contributed by atoms with Crippen molar-refractivity contribution in [1.29, 1.82) is 0 Å². The van der Waals surface area contributed by atoms with Crippen molar-refractivity contribution in [3.05, 3.63) is 6.92 Å². The normalized spacial score (nSPS) is 6.86. The zero-order valence-electron chi connectivity index (χ0n) is 5.11. The second-order valence-corrected chi connectivity index (χ2v) is 1.68. The summed E-state index contributed by atoms with van der Waals surface area (Å²) in [5.41, 5.74) is 0. The molecule has 0 saturated heterocycles. The van der Waals surface area contributed by atoms with Crippen molar-refractivity contribution >= 4 is 17.0 Å². The minimum Gasteiger partial charge on any atom is -0.343 e. The third-order valence-electron chi connectivity index (χ3n) is 0.577. The van der Waals surface area contributed by atoms with E-state index in [0.717, 1.165) is 12.3 Å². The molecule has 0 rings (SSSR count). The van der Waals surface area contributed by atoms with E-state index in [4.69, 9.17) is 0 Å². The van der Waals surface area contributed by atoms with Crippen LogP contribution < -0.4 is 0 Å². The molecule has 0 spiro atoms. The standard InChI is InChI=1S/C5H11.BrH.Zn/c1-4-5(2)3;;/h5H,1,4H2,2-3H3;1H;/q-1;;. The fourth-order valence-corrected chi connectivity index (χ4v) is 0. The van der Waals surface area contributed by atoms with E-state index in [1.165, 1.54) is 0 Å². The number of hydrogen-bond donors (Lipinski definition) is 0. The third-order valence-corrected chi connectivity index (χ3v) is 0.577. The van der Waals surface area contributed by atoms with Gasteiger partial charge < -0.3 is 6.92 Å². The Morgan fingerprint density at radius 2 is 1.57 bits per heavy atom. The van der Waals surface area contributed by atoms with Gasteiger partial charge in [0.15, 0.2) is 0 Å². The molecule has 0 amide bonds. The van der Waals surface area contributed by atoms with Crippen molar-refractivity contribution in [2.45, 2.75) is 20.3 Å². The van der Waals surface area contributed by atoms with Crippen LogP contribution in [0.4, 0.5) is 0 Å². The van der Waals surface area contributed by atoms with Gasteiger partial charge in [-0.05, 0) is 0 Å². The summed E-state index contributed by atoms with van der Waals surface area (Å²) in [6, 6.07) is 0. The second-order valence-electron chi connectivity index (χ2n) is 1.68. The Labute approximate surface area is 69.6 Å². The van der Waals surface area contributed by atoms with E-state index in [1.807, 2.05) is 0 Å². The van der Waals surface area contributed by atoms with Crippen LogP contribution in [0.15, 0.2) is 0 Å². The van der Waals surface area contributed by atoms with Crippen molar-refractivity contribution in [2.24, 2.45) is 5.92 Å². The molecule has 0 N–H and O–H groups in total. The van der Waals surface area contributed by atoms with E-state index < -0.39 is 0 Å². The maximum absolute atomic E-state index is 3.69. The van der Waals surface area contributed by atoms with E-state index in [1.54, 1.807) is 0 Å². The summed E-state index contributed by atoms with van der Waals surface area (Å²) in [5, 5.41) is 0. The molecule has 0 radical (unpaired) electrons. The quantitative estimate of drug-likeness (QED) is 0.467. The molecule has 0 fully saturated rings. The Morgan fingerprint density at radius 3 is 1.57 bits per heavy atom. The molecule has 0 atom stereocenters. The van der Waals surface area contributed by atoms with Gasteiger partial charge >= 0.3 is 0 Å². The maximum atomic E-state index is 3.69. The van der Waals surface area contributed by atoms with Crippen LogP contribution in [0.5, 0.6) is 0 Å². The van der Waals surface area contributed by atoms with Gasteiger partial charge in [0.2, 0.25) is 0 Å². The Morgan fingerprint density at radius 1 is 1.43 bits per heavy atom. The smallest absolute Gasteiger partial charge is 0 e. The van der Waals surface area contributed by atoms with Gasteiger partial charge in [0.25, 0.3) is 0 Å². The molecule has 0 aromatic heterocycles. The molecule has 2 heteroatoms. The van der Waals surface area contributed by atoms with Crippen molar-refractivity contribution < 1.29 is 19.5 Å². The van der Waals surface area contributed by atoms with E-state index in [-0.39, 0.29) is 36.5 Å². The molecule has 0 heterocycles. The summed E-state index contributed by atoms with van der Waals surface area (Å²) in [4.78, 5) is 0. The van der Waals surface area contributed by atoms with Gasteiger partial charge in [-0.15, -0.1) is 17.0 Å². The van der Waals surface area contributed by atoms with Crippen molar-refractivity contribution in [2.75, 3.05) is 0 Å². The summed E-state index contributed by atoms with van der Waals surface area (Å²) < 4.78 is 0. The predicted octanol–water partition coefficient (Wildman–Crippen LogP) is 2.44. The van der Waals surface area contributed by atoms with Crippen LogP contribution in [-0.2, 0) is 19.5 Å². The van der Waals surface area contributed by atoms with Gasteiger partial charge in [-0.2, -0.15) is 6.42 Å². The molecule has 0 aliphatic heterocycles. The molecule has 0 aliphatic carbocycles. The molecule has 0 saturated carbocycles. The molecule has 0 aliphatic rings. The first-order chi connectivity index (χ1) is 2.27. The Kier molecular flexibility index (Phi) is 22.8. The number of halogens is 1. The largest absolute Gasteiger partial charge is 0.343 e. The topological polar surface area (TPSA) is 0 Å². The second kappa shape index (κ2) is 10.2. The maximum Gasteiger partial charge on any atom is 0 e. The molecule has 0 aromatic rings. The Bertz CT molecular complexity index is 22.0. The SMILES string of the molecule is Br.[CH2-]CC(C)C.[Zn]. The molecular weight excluding hydrogens is 205 g/mol. The van der Waals surface area contributed by atoms with Crippen LogP contribution in [0.25, 0.3) is 0 Å². The average Bonchev–Trinajstić information content (AvgIpc) is 1.38. The van der Waals surface area contributed by atoms with E-state index in [0.29, 0.717) is 0 Å². The van der Waals surface area contributed by atoms with Crippen molar-refractivity contribution in [1.82, 2.24) is 0 Å². The fraction of sp³-hybridized carbons (Fsp3) is 0.800. The van der Waals surface area contributed by atoms with Crippen LogP contribution in [0.3, 0.4) is 0 Å². The van der Waals surface area contributed by atoms with Crippen LogP contribution in [-0.4, -0.2) is 0 Å². The summed E-state index contributed by atoms with van der Waals surface area (Å²) >= 11 is 0. The first-order valence-electron chi connectivity index (χ1n) is 2.06. The summed E-state index contributed by atoms with van der Waals surface area (Å²) in [7, 11) is 0. The predicted molar refractivity (Wildman–Crippen MR) is 35.1 cm³/mol. The minimum atomic E-state index is 0. The van der Waals surface area contributed by atoms with Gasteiger partial charge in [-0.25, -0.2) is 0 Å². The van der Waals surface area contributed by atoms with Crippen LogP contribution >= 0.6 is 17.0 Å². The summed E-state index contributed by atoms with van der Waals surface area (Å²) in [5.74, 6) is 0.773. The van der Waals surface area contributed by atoms with Crippen molar-refractivity contribution in [3.63, 3.8) is 0 Å². The van der Waals surface area contributed by atoms with E-state index >= 15 is 0 Å². The molecule has 0 bridgehead atoms. The Hall–Kier alpha value is 1.10. The van der Waals surface area contributed by atoms with Crippen LogP contribution in [0, 0.1) is 12.8 Å². The Balaban J connectivity index is -0.0000000800. The first-order valence-corrected chi connectivity index (χ1v) is 2.06. The zero-order chi connectivity index (χ0) is 4.28. The fourth-order valence-electron chi connectivity index (χ4n) is 0. The van der Waals surface area contributed by atoms with E-state index in [9.17, 15) is 0 Å². The molecule has 0 aromatic carbocycles. The van der Waals surface area contributed by atoms with Crippen LogP contribution in [0.2, 0.25) is 0 Å². The van der Waals surface area contributed by atoms with Crippen molar-refractivity contribution in [3.8, 4) is 0 Å². The summed E-state index contributed by atoms with van der Waals surface area (Å²) in [6.07, 6.45) is 1.06. The van der Waals surface area contributed by atoms with Gasteiger partial charge in [-0.1, -0.05) is 19.8 Å². The minimum absolute atomic E-state index is 0. The molecule has 0 nitrogen and oxygen atoms in total. The van der Waals surface area contributed by atoms with Gasteiger partial charge in [0, 0.05) is 19.5 Å². The van der Waals surface area contributed by atoms with Crippen LogP contribution in [0.1, 0.15) is 20.3 Å². The molecule has 7 heavy (non-hydrogen) atoms. The number of hydrogen-bond acceptors (Lipinski definition) is 0. The first kappa shape index (κ1) is 15.7. The van der Waals surface area contributed by atoms with E-state index in [2.05, 4.69) is 20.8 Å². The molecule has 0 unspecified atom stereocenters.